The Hall–Kier alpha value is -1.51. The number of carbonyl (C=O) groups is 1. The monoisotopic (exact) mass is 233 g/mol. The van der Waals surface area contributed by atoms with Crippen molar-refractivity contribution in [2.24, 2.45) is 0 Å². The van der Waals surface area contributed by atoms with Gasteiger partial charge in [0.2, 0.25) is 5.91 Å². The fraction of sp³-hybridized carbons (Fsp3) is 0.500. The van der Waals surface area contributed by atoms with Crippen LogP contribution in [0.25, 0.3) is 0 Å². The molecule has 1 aliphatic rings. The molecule has 1 aliphatic carbocycles. The van der Waals surface area contributed by atoms with Gasteiger partial charge in [-0.15, -0.1) is 0 Å². The Kier molecular flexibility index (Phi) is 4.02. The van der Waals surface area contributed by atoms with Gasteiger partial charge in [-0.25, -0.2) is 0 Å². The molecule has 1 aromatic carbocycles. The van der Waals surface area contributed by atoms with Crippen molar-refractivity contribution >= 4 is 5.91 Å². The minimum Gasteiger partial charge on any atom is -0.494 e. The van der Waals surface area contributed by atoms with Crippen molar-refractivity contribution < 1.29 is 9.53 Å². The maximum Gasteiger partial charge on any atom is 0.220 e. The summed E-state index contributed by atoms with van der Waals surface area (Å²) >= 11 is 0. The molecular formula is C14H19NO2. The normalized spacial score (nSPS) is 14.4. The first-order chi connectivity index (χ1) is 8.29. The number of carbonyl (C=O) groups excluding carboxylic acids is 1. The topological polar surface area (TPSA) is 38.3 Å². The van der Waals surface area contributed by atoms with Gasteiger partial charge in [0.15, 0.2) is 0 Å². The number of nitrogens with one attached hydrogen (secondary N) is 1. The van der Waals surface area contributed by atoms with E-state index < -0.39 is 0 Å². The Morgan fingerprint density at radius 3 is 2.88 bits per heavy atom. The molecule has 0 aliphatic heterocycles. The van der Waals surface area contributed by atoms with Crippen LogP contribution >= 0.6 is 0 Å². The molecule has 0 spiro atoms. The van der Waals surface area contributed by atoms with Crippen LogP contribution < -0.4 is 10.1 Å². The SMILES string of the molecule is CCOc1ccccc1CCC(=O)NC1CC1. The van der Waals surface area contributed by atoms with Crippen LogP contribution in [-0.2, 0) is 11.2 Å². The van der Waals surface area contributed by atoms with E-state index >= 15 is 0 Å². The zero-order chi connectivity index (χ0) is 12.1. The summed E-state index contributed by atoms with van der Waals surface area (Å²) in [5, 5.41) is 3.00. The molecular weight excluding hydrogens is 214 g/mol. The lowest BCUT2D eigenvalue weighted by Crippen LogP contribution is -2.25. The summed E-state index contributed by atoms with van der Waals surface area (Å²) in [5.41, 5.74) is 1.11. The third-order valence-corrected chi connectivity index (χ3v) is 2.84. The molecule has 92 valence electrons. The van der Waals surface area contributed by atoms with Crippen LogP contribution in [-0.4, -0.2) is 18.6 Å². The molecule has 1 fully saturated rings. The highest BCUT2D eigenvalue weighted by molar-refractivity contribution is 5.76. The van der Waals surface area contributed by atoms with E-state index in [9.17, 15) is 4.79 Å². The molecule has 0 bridgehead atoms. The molecule has 0 radical (unpaired) electrons. The highest BCUT2D eigenvalue weighted by atomic mass is 16.5. The highest BCUT2D eigenvalue weighted by Gasteiger charge is 2.22. The predicted octanol–water partition coefficient (Wildman–Crippen LogP) is 2.30. The average Bonchev–Trinajstić information content (AvgIpc) is 3.12. The van der Waals surface area contributed by atoms with E-state index in [1.807, 2.05) is 31.2 Å². The molecule has 0 heterocycles. The van der Waals surface area contributed by atoms with Crippen molar-refractivity contribution in [1.82, 2.24) is 5.32 Å². The van der Waals surface area contributed by atoms with Gasteiger partial charge < -0.3 is 10.1 Å². The summed E-state index contributed by atoms with van der Waals surface area (Å²) < 4.78 is 5.53. The summed E-state index contributed by atoms with van der Waals surface area (Å²) in [6.07, 6.45) is 3.57. The van der Waals surface area contributed by atoms with Crippen molar-refractivity contribution in [2.45, 2.75) is 38.6 Å². The lowest BCUT2D eigenvalue weighted by Gasteiger charge is -2.09. The van der Waals surface area contributed by atoms with E-state index in [0.29, 0.717) is 19.1 Å². The second kappa shape index (κ2) is 5.71. The van der Waals surface area contributed by atoms with Gasteiger partial charge in [0.25, 0.3) is 0 Å². The smallest absolute Gasteiger partial charge is 0.220 e. The lowest BCUT2D eigenvalue weighted by molar-refractivity contribution is -0.121. The lowest BCUT2D eigenvalue weighted by atomic mass is 10.1. The zero-order valence-corrected chi connectivity index (χ0v) is 10.2. The molecule has 2 rings (SSSR count). The molecule has 3 heteroatoms. The molecule has 1 aromatic rings. The van der Waals surface area contributed by atoms with E-state index in [1.165, 1.54) is 0 Å². The average molecular weight is 233 g/mol. The summed E-state index contributed by atoms with van der Waals surface area (Å²) in [5.74, 6) is 1.05. The number of ether oxygens (including phenoxy) is 1. The Labute approximate surface area is 102 Å². The quantitative estimate of drug-likeness (QED) is 0.818. The van der Waals surface area contributed by atoms with Crippen LogP contribution in [0, 0.1) is 0 Å². The second-order valence-corrected chi connectivity index (χ2v) is 4.38. The number of para-hydroxylation sites is 1. The largest absolute Gasteiger partial charge is 0.494 e. The molecule has 1 amide bonds. The van der Waals surface area contributed by atoms with E-state index in [-0.39, 0.29) is 5.91 Å². The zero-order valence-electron chi connectivity index (χ0n) is 10.2. The van der Waals surface area contributed by atoms with E-state index in [1.54, 1.807) is 0 Å². The number of aryl methyl sites for hydroxylation is 1. The summed E-state index contributed by atoms with van der Waals surface area (Å²) in [6, 6.07) is 8.37. The third-order valence-electron chi connectivity index (χ3n) is 2.84. The fourth-order valence-corrected chi connectivity index (χ4v) is 1.78. The highest BCUT2D eigenvalue weighted by Crippen LogP contribution is 2.21. The van der Waals surface area contributed by atoms with Crippen LogP contribution in [0.5, 0.6) is 5.75 Å². The van der Waals surface area contributed by atoms with Crippen molar-refractivity contribution in [3.63, 3.8) is 0 Å². The van der Waals surface area contributed by atoms with Crippen LogP contribution in [0.15, 0.2) is 24.3 Å². The minimum absolute atomic E-state index is 0.152. The van der Waals surface area contributed by atoms with Crippen LogP contribution in [0.2, 0.25) is 0 Å². The Bertz CT molecular complexity index is 386. The Balaban J connectivity index is 1.86. The molecule has 0 saturated heterocycles. The summed E-state index contributed by atoms with van der Waals surface area (Å²) in [7, 11) is 0. The second-order valence-electron chi connectivity index (χ2n) is 4.38. The summed E-state index contributed by atoms with van der Waals surface area (Å²) in [4.78, 5) is 11.6. The molecule has 0 unspecified atom stereocenters. The van der Waals surface area contributed by atoms with Gasteiger partial charge in [0.05, 0.1) is 6.61 Å². The first kappa shape index (κ1) is 12.0. The standard InChI is InChI=1S/C14H19NO2/c1-2-17-13-6-4-3-5-11(13)7-10-14(16)15-12-8-9-12/h3-6,12H,2,7-10H2,1H3,(H,15,16). The van der Waals surface area contributed by atoms with Crippen molar-refractivity contribution in [2.75, 3.05) is 6.61 Å². The van der Waals surface area contributed by atoms with E-state index in [2.05, 4.69) is 5.32 Å². The number of hydrogen-bond acceptors (Lipinski definition) is 2. The maximum absolute atomic E-state index is 11.6. The van der Waals surface area contributed by atoms with Gasteiger partial charge >= 0.3 is 0 Å². The molecule has 0 aromatic heterocycles. The predicted molar refractivity (Wildman–Crippen MR) is 67.1 cm³/mol. The van der Waals surface area contributed by atoms with Crippen LogP contribution in [0.3, 0.4) is 0 Å². The Morgan fingerprint density at radius 2 is 2.18 bits per heavy atom. The molecule has 17 heavy (non-hydrogen) atoms. The van der Waals surface area contributed by atoms with Crippen LogP contribution in [0.4, 0.5) is 0 Å². The number of hydrogen-bond donors (Lipinski definition) is 1. The van der Waals surface area contributed by atoms with Gasteiger partial charge in [0.1, 0.15) is 5.75 Å². The van der Waals surface area contributed by atoms with E-state index in [0.717, 1.165) is 30.6 Å². The molecule has 1 saturated carbocycles. The van der Waals surface area contributed by atoms with Gasteiger partial charge in [-0.05, 0) is 37.8 Å². The third kappa shape index (κ3) is 3.77. The number of amides is 1. The maximum atomic E-state index is 11.6. The number of benzene rings is 1. The first-order valence-electron chi connectivity index (χ1n) is 6.29. The fourth-order valence-electron chi connectivity index (χ4n) is 1.78. The minimum atomic E-state index is 0.152. The Morgan fingerprint density at radius 1 is 1.41 bits per heavy atom. The van der Waals surface area contributed by atoms with Gasteiger partial charge in [-0.3, -0.25) is 4.79 Å². The molecule has 0 atom stereocenters. The van der Waals surface area contributed by atoms with Crippen molar-refractivity contribution in [1.29, 1.82) is 0 Å². The van der Waals surface area contributed by atoms with Gasteiger partial charge in [-0.2, -0.15) is 0 Å². The molecule has 1 N–H and O–H groups in total. The molecule has 3 nitrogen and oxygen atoms in total. The summed E-state index contributed by atoms with van der Waals surface area (Å²) in [6.45, 7) is 2.63. The van der Waals surface area contributed by atoms with Crippen LogP contribution in [0.1, 0.15) is 31.7 Å². The number of rotatable bonds is 6. The van der Waals surface area contributed by atoms with E-state index in [4.69, 9.17) is 4.74 Å². The van der Waals surface area contributed by atoms with Gasteiger partial charge in [-0.1, -0.05) is 18.2 Å². The van der Waals surface area contributed by atoms with Gasteiger partial charge in [0, 0.05) is 12.5 Å². The van der Waals surface area contributed by atoms with Crippen molar-refractivity contribution in [3.05, 3.63) is 29.8 Å². The first-order valence-corrected chi connectivity index (χ1v) is 6.29. The van der Waals surface area contributed by atoms with Crippen molar-refractivity contribution in [3.8, 4) is 5.75 Å².